The monoisotopic (exact) mass is 222 g/mol. The van der Waals surface area contributed by atoms with Crippen molar-refractivity contribution in [1.82, 2.24) is 0 Å². The van der Waals surface area contributed by atoms with E-state index in [9.17, 15) is 0 Å². The van der Waals surface area contributed by atoms with Crippen molar-refractivity contribution in [3.63, 3.8) is 0 Å². The molecule has 0 aromatic carbocycles. The Labute approximate surface area is 96.6 Å². The van der Waals surface area contributed by atoms with E-state index in [1.807, 2.05) is 12.3 Å². The van der Waals surface area contributed by atoms with Crippen LogP contribution in [0.15, 0.2) is 16.6 Å². The average Bonchev–Trinajstić information content (AvgIpc) is 2.30. The van der Waals surface area contributed by atoms with Gasteiger partial charge in [-0.3, -0.25) is 4.99 Å². The summed E-state index contributed by atoms with van der Waals surface area (Å²) in [6.45, 7) is 0.543. The first kappa shape index (κ1) is 11.0. The lowest BCUT2D eigenvalue weighted by molar-refractivity contribution is 0.344. The summed E-state index contributed by atoms with van der Waals surface area (Å²) in [6, 6.07) is 0.260. The molecule has 3 heteroatoms. The zero-order chi connectivity index (χ0) is 10.7. The number of nitrogens with two attached hydrogens (primary N) is 1. The lowest BCUT2D eigenvalue weighted by Gasteiger charge is -2.29. The smallest absolute Gasteiger partial charge is 0.0877 e. The Hall–Kier alpha value is -0.540. The van der Waals surface area contributed by atoms with Crippen molar-refractivity contribution in [1.29, 1.82) is 0 Å². The standard InChI is InChI=1S/C12H18N2S/c13-7-9-6-11(15)12(14-8-9)10-4-2-1-3-5-10/h6,8,10,12H,1-5,7,13H2. The summed E-state index contributed by atoms with van der Waals surface area (Å²) in [7, 11) is 0. The first-order valence-electron chi connectivity index (χ1n) is 5.79. The summed E-state index contributed by atoms with van der Waals surface area (Å²) in [5, 5.41) is 0. The third-order valence-electron chi connectivity index (χ3n) is 3.35. The molecule has 1 aliphatic carbocycles. The number of nitrogens with zero attached hydrogens (tertiary/aromatic N) is 1. The summed E-state index contributed by atoms with van der Waals surface area (Å²) in [4.78, 5) is 5.56. The van der Waals surface area contributed by atoms with Crippen molar-refractivity contribution in [2.45, 2.75) is 38.1 Å². The topological polar surface area (TPSA) is 38.4 Å². The molecule has 0 bridgehead atoms. The van der Waals surface area contributed by atoms with Gasteiger partial charge in [-0.2, -0.15) is 0 Å². The minimum absolute atomic E-state index is 0.260. The van der Waals surface area contributed by atoms with Crippen LogP contribution in [-0.4, -0.2) is 23.7 Å². The quantitative estimate of drug-likeness (QED) is 0.728. The van der Waals surface area contributed by atoms with Crippen molar-refractivity contribution in [2.75, 3.05) is 6.54 Å². The highest BCUT2D eigenvalue weighted by Crippen LogP contribution is 2.30. The number of hydrogen-bond donors (Lipinski definition) is 1. The molecule has 2 aliphatic rings. The highest BCUT2D eigenvalue weighted by molar-refractivity contribution is 7.80. The molecule has 1 atom stereocenters. The van der Waals surface area contributed by atoms with Crippen molar-refractivity contribution in [2.24, 2.45) is 16.6 Å². The van der Waals surface area contributed by atoms with Crippen LogP contribution in [0.3, 0.4) is 0 Å². The first-order valence-corrected chi connectivity index (χ1v) is 6.20. The predicted octanol–water partition coefficient (Wildman–Crippen LogP) is 2.27. The Morgan fingerprint density at radius 2 is 2.07 bits per heavy atom. The molecule has 2 nitrogen and oxygen atoms in total. The zero-order valence-electron chi connectivity index (χ0n) is 8.98. The Kier molecular flexibility index (Phi) is 3.65. The van der Waals surface area contributed by atoms with Gasteiger partial charge in [0.2, 0.25) is 0 Å². The van der Waals surface area contributed by atoms with Gasteiger partial charge in [0.05, 0.1) is 6.04 Å². The summed E-state index contributed by atoms with van der Waals surface area (Å²) < 4.78 is 0. The minimum atomic E-state index is 0.260. The number of aliphatic imine (C=N–C) groups is 1. The molecule has 1 aliphatic heterocycles. The average molecular weight is 222 g/mol. The van der Waals surface area contributed by atoms with Gasteiger partial charge in [-0.25, -0.2) is 0 Å². The third-order valence-corrected chi connectivity index (χ3v) is 3.71. The Morgan fingerprint density at radius 3 is 2.67 bits per heavy atom. The van der Waals surface area contributed by atoms with Gasteiger partial charge in [-0.15, -0.1) is 0 Å². The third kappa shape index (κ3) is 2.52. The van der Waals surface area contributed by atoms with Gasteiger partial charge in [0.15, 0.2) is 0 Å². The molecule has 1 saturated carbocycles. The molecule has 0 radical (unpaired) electrons. The molecule has 1 heterocycles. The maximum atomic E-state index is 5.57. The molecule has 1 fully saturated rings. The van der Waals surface area contributed by atoms with E-state index >= 15 is 0 Å². The van der Waals surface area contributed by atoms with Gasteiger partial charge in [0.25, 0.3) is 0 Å². The normalized spacial score (nSPS) is 27.9. The van der Waals surface area contributed by atoms with Gasteiger partial charge in [-0.1, -0.05) is 31.5 Å². The van der Waals surface area contributed by atoms with Gasteiger partial charge in [0, 0.05) is 17.6 Å². The van der Waals surface area contributed by atoms with Crippen molar-refractivity contribution >= 4 is 23.3 Å². The summed E-state index contributed by atoms with van der Waals surface area (Å²) in [6.07, 6.45) is 10.6. The van der Waals surface area contributed by atoms with E-state index in [1.165, 1.54) is 32.1 Å². The lowest BCUT2D eigenvalue weighted by atomic mass is 9.82. The number of rotatable bonds is 2. The molecule has 1 unspecified atom stereocenters. The second kappa shape index (κ2) is 4.99. The van der Waals surface area contributed by atoms with Crippen LogP contribution in [0.5, 0.6) is 0 Å². The van der Waals surface area contributed by atoms with Crippen LogP contribution in [0.25, 0.3) is 0 Å². The molecule has 0 aromatic rings. The van der Waals surface area contributed by atoms with E-state index in [0.29, 0.717) is 12.5 Å². The maximum Gasteiger partial charge on any atom is 0.0877 e. The van der Waals surface area contributed by atoms with Gasteiger partial charge >= 0.3 is 0 Å². The van der Waals surface area contributed by atoms with Crippen LogP contribution in [0.4, 0.5) is 0 Å². The molecule has 0 amide bonds. The number of dihydropyridines is 1. The molecule has 2 N–H and O–H groups in total. The Balaban J connectivity index is 2.03. The van der Waals surface area contributed by atoms with Crippen LogP contribution in [0.1, 0.15) is 32.1 Å². The van der Waals surface area contributed by atoms with Gasteiger partial charge in [0.1, 0.15) is 0 Å². The van der Waals surface area contributed by atoms with E-state index in [-0.39, 0.29) is 6.04 Å². The molecular weight excluding hydrogens is 204 g/mol. The first-order chi connectivity index (χ1) is 7.31. The van der Waals surface area contributed by atoms with Crippen molar-refractivity contribution in [3.8, 4) is 0 Å². The predicted molar refractivity (Wildman–Crippen MR) is 68.6 cm³/mol. The Bertz CT molecular complexity index is 301. The van der Waals surface area contributed by atoms with Crippen molar-refractivity contribution in [3.05, 3.63) is 11.6 Å². The number of thiocarbonyl (C=S) groups is 1. The van der Waals surface area contributed by atoms with Crippen LogP contribution in [-0.2, 0) is 0 Å². The van der Waals surface area contributed by atoms with Gasteiger partial charge < -0.3 is 5.73 Å². The molecular formula is C12H18N2S. The van der Waals surface area contributed by atoms with E-state index in [4.69, 9.17) is 18.0 Å². The summed E-state index contributed by atoms with van der Waals surface area (Å²) in [5.41, 5.74) is 6.63. The second-order valence-electron chi connectivity index (χ2n) is 4.45. The molecule has 15 heavy (non-hydrogen) atoms. The largest absolute Gasteiger partial charge is 0.326 e. The Morgan fingerprint density at radius 1 is 1.33 bits per heavy atom. The van der Waals surface area contributed by atoms with Crippen molar-refractivity contribution < 1.29 is 0 Å². The fourth-order valence-corrected chi connectivity index (χ4v) is 2.88. The molecule has 0 spiro atoms. The summed E-state index contributed by atoms with van der Waals surface area (Å²) in [5.74, 6) is 0.679. The van der Waals surface area contributed by atoms with E-state index in [0.717, 1.165) is 10.4 Å². The fraction of sp³-hybridized carbons (Fsp3) is 0.667. The SMILES string of the molecule is NCC1=CC(=S)C(C2CCCCC2)N=C1. The summed E-state index contributed by atoms with van der Waals surface area (Å²) >= 11 is 5.41. The van der Waals surface area contributed by atoms with Gasteiger partial charge in [-0.05, 0) is 30.4 Å². The van der Waals surface area contributed by atoms with E-state index in [2.05, 4.69) is 4.99 Å². The molecule has 2 rings (SSSR count). The molecule has 0 saturated heterocycles. The van der Waals surface area contributed by atoms with Crippen LogP contribution >= 0.6 is 12.2 Å². The molecule has 0 aromatic heterocycles. The second-order valence-corrected chi connectivity index (χ2v) is 4.92. The van der Waals surface area contributed by atoms with Crippen LogP contribution in [0, 0.1) is 5.92 Å². The zero-order valence-corrected chi connectivity index (χ0v) is 9.80. The number of hydrogen-bond acceptors (Lipinski definition) is 3. The lowest BCUT2D eigenvalue weighted by Crippen LogP contribution is -2.30. The highest BCUT2D eigenvalue weighted by atomic mass is 32.1. The minimum Gasteiger partial charge on any atom is -0.326 e. The maximum absolute atomic E-state index is 5.57. The van der Waals surface area contributed by atoms with E-state index in [1.54, 1.807) is 0 Å². The highest BCUT2D eigenvalue weighted by Gasteiger charge is 2.26. The molecule has 82 valence electrons. The van der Waals surface area contributed by atoms with E-state index < -0.39 is 0 Å². The van der Waals surface area contributed by atoms with Crippen LogP contribution < -0.4 is 5.73 Å². The fourth-order valence-electron chi connectivity index (χ4n) is 2.47. The van der Waals surface area contributed by atoms with Crippen LogP contribution in [0.2, 0.25) is 0 Å².